The van der Waals surface area contributed by atoms with Crippen LogP contribution in [0.15, 0.2) is 72.9 Å². The van der Waals surface area contributed by atoms with Crippen LogP contribution < -0.4 is 5.32 Å². The molecule has 444 valence electrons. The van der Waals surface area contributed by atoms with E-state index in [-0.39, 0.29) is 19.1 Å². The Morgan fingerprint density at radius 3 is 1.16 bits per heavy atom. The molecule has 0 aliphatic carbocycles. The molecule has 0 rings (SSSR count). The summed E-state index contributed by atoms with van der Waals surface area (Å²) in [6.07, 6.45) is 80.2. The average molecular weight is 1090 g/mol. The zero-order valence-electron chi connectivity index (χ0n) is 50.7. The first-order valence-electron chi connectivity index (χ1n) is 32.3. The van der Waals surface area contributed by atoms with E-state index in [0.29, 0.717) is 17.4 Å². The third-order valence-corrected chi connectivity index (χ3v) is 15.4. The van der Waals surface area contributed by atoms with Gasteiger partial charge in [0.2, 0.25) is 5.91 Å². The highest BCUT2D eigenvalue weighted by Crippen LogP contribution is 2.43. The number of nitrogens with zero attached hydrogens (tertiary/aromatic N) is 1. The van der Waals surface area contributed by atoms with Crippen LogP contribution in [0.4, 0.5) is 0 Å². The Kier molecular flexibility index (Phi) is 56.1. The lowest BCUT2D eigenvalue weighted by Crippen LogP contribution is -2.45. The maximum atomic E-state index is 13.0. The molecule has 0 heterocycles. The lowest BCUT2D eigenvalue weighted by Gasteiger charge is -2.25. The molecule has 0 aromatic rings. The van der Waals surface area contributed by atoms with Crippen LogP contribution in [-0.2, 0) is 18.4 Å². The van der Waals surface area contributed by atoms with Crippen molar-refractivity contribution >= 4 is 13.7 Å². The van der Waals surface area contributed by atoms with E-state index in [1.807, 2.05) is 27.2 Å². The summed E-state index contributed by atoms with van der Waals surface area (Å²) in [7, 11) is 1.57. The second-order valence-electron chi connectivity index (χ2n) is 23.1. The largest absolute Gasteiger partial charge is 0.472 e. The fourth-order valence-corrected chi connectivity index (χ4v) is 10.2. The molecule has 3 N–H and O–H groups in total. The summed E-state index contributed by atoms with van der Waals surface area (Å²) in [5.41, 5.74) is 0. The first-order chi connectivity index (χ1) is 37.0. The van der Waals surface area contributed by atoms with Gasteiger partial charge in [0.15, 0.2) is 0 Å². The number of amides is 1. The molecule has 0 aliphatic heterocycles. The number of allylic oxidation sites excluding steroid dienone is 11. The smallest absolute Gasteiger partial charge is 0.387 e. The van der Waals surface area contributed by atoms with Gasteiger partial charge in [-0.2, -0.15) is 0 Å². The van der Waals surface area contributed by atoms with Gasteiger partial charge >= 0.3 is 7.82 Å². The summed E-state index contributed by atoms with van der Waals surface area (Å²) in [5.74, 6) is -0.177. The molecule has 1 amide bonds. The fraction of sp³-hybridized carbons (Fsp3) is 0.806. The molecule has 0 spiro atoms. The van der Waals surface area contributed by atoms with Crippen LogP contribution in [0.1, 0.15) is 296 Å². The molecular formula is C67H126N2O6P+. The zero-order chi connectivity index (χ0) is 55.6. The molecule has 0 radical (unpaired) electrons. The average Bonchev–Trinajstić information content (AvgIpc) is 3.38. The minimum atomic E-state index is -4.35. The topological polar surface area (TPSA) is 105 Å². The van der Waals surface area contributed by atoms with Gasteiger partial charge in [-0.3, -0.25) is 13.8 Å². The Bertz CT molecular complexity index is 1470. The normalized spacial score (nSPS) is 14.2. The van der Waals surface area contributed by atoms with Gasteiger partial charge in [-0.15, -0.1) is 0 Å². The monoisotopic (exact) mass is 1090 g/mol. The molecule has 0 aromatic carbocycles. The Morgan fingerprint density at radius 1 is 0.461 bits per heavy atom. The Hall–Kier alpha value is -2.06. The Labute approximate surface area is 472 Å². The van der Waals surface area contributed by atoms with Crippen molar-refractivity contribution < 1.29 is 32.9 Å². The number of likely N-dealkylation sites (N-methyl/N-ethyl adjacent to an activating group) is 1. The minimum absolute atomic E-state index is 0.0598. The molecule has 9 heteroatoms. The summed E-state index contributed by atoms with van der Waals surface area (Å²) < 4.78 is 23.8. The quantitative estimate of drug-likeness (QED) is 0.0243. The lowest BCUT2D eigenvalue weighted by molar-refractivity contribution is -0.870. The van der Waals surface area contributed by atoms with Crippen molar-refractivity contribution in [2.24, 2.45) is 0 Å². The molecule has 0 bridgehead atoms. The second-order valence-corrected chi connectivity index (χ2v) is 24.6. The molecule has 76 heavy (non-hydrogen) atoms. The first-order valence-corrected chi connectivity index (χ1v) is 33.8. The highest BCUT2D eigenvalue weighted by Gasteiger charge is 2.28. The van der Waals surface area contributed by atoms with Gasteiger partial charge in [0, 0.05) is 6.42 Å². The van der Waals surface area contributed by atoms with E-state index >= 15 is 0 Å². The third-order valence-electron chi connectivity index (χ3n) is 14.4. The number of carbonyl (C=O) groups excluding carboxylic acids is 1. The van der Waals surface area contributed by atoms with Crippen molar-refractivity contribution in [3.05, 3.63) is 72.9 Å². The van der Waals surface area contributed by atoms with Crippen molar-refractivity contribution in [2.45, 2.75) is 309 Å². The SMILES string of the molecule is CC/C=C\C/C=C\C/C=C\C/C=C\C/C=C\CCCCCCCCCCCCCCCC(=O)NC(COP(=O)(O)OCC[N+](C)(C)C)C(O)/C=C/CCCCCCCCCCCCCCCCCCCCCCCCC. The number of phosphoric ester groups is 1. The van der Waals surface area contributed by atoms with Crippen LogP contribution in [0.2, 0.25) is 0 Å². The van der Waals surface area contributed by atoms with E-state index in [0.717, 1.165) is 70.6 Å². The van der Waals surface area contributed by atoms with Crippen LogP contribution in [0.3, 0.4) is 0 Å². The van der Waals surface area contributed by atoms with E-state index in [4.69, 9.17) is 9.05 Å². The number of carbonyl (C=O) groups is 1. The molecule has 0 aliphatic rings. The number of unbranched alkanes of at least 4 members (excludes halogenated alkanes) is 36. The van der Waals surface area contributed by atoms with Crippen LogP contribution in [0.25, 0.3) is 0 Å². The standard InChI is InChI=1S/C67H125N2O6P/c1-6-8-10-12-14-16-18-20-22-24-26-28-30-32-33-34-35-37-39-41-43-45-47-49-51-53-55-57-59-61-67(71)68-65(64-75-76(72,73)74-63-62-69(3,4)5)66(70)60-58-56-54-52-50-48-46-44-42-40-38-36-31-29-27-25-23-21-19-17-15-13-11-9-7-2/h8,10,14,16,20,22,26,28,32-33,58,60,65-66,70H,6-7,9,11-13,15,17-19,21,23-25,27,29-31,34-57,59,61-64H2,1-5H3,(H-,68,71,72,73)/p+1/b10-8-,16-14-,22-20-,28-26-,33-32-,60-58+. The molecule has 3 unspecified atom stereocenters. The number of rotatable bonds is 59. The minimum Gasteiger partial charge on any atom is -0.387 e. The number of quaternary nitrogens is 1. The highest BCUT2D eigenvalue weighted by atomic mass is 31.2. The maximum Gasteiger partial charge on any atom is 0.472 e. The maximum absolute atomic E-state index is 13.0. The molecule has 3 atom stereocenters. The molecule has 8 nitrogen and oxygen atoms in total. The number of aliphatic hydroxyl groups excluding tert-OH is 1. The van der Waals surface area contributed by atoms with Crippen molar-refractivity contribution in [1.82, 2.24) is 5.32 Å². The zero-order valence-corrected chi connectivity index (χ0v) is 51.6. The molecule has 0 aromatic heterocycles. The van der Waals surface area contributed by atoms with E-state index in [2.05, 4.69) is 79.9 Å². The van der Waals surface area contributed by atoms with Crippen molar-refractivity contribution in [3.63, 3.8) is 0 Å². The number of hydrogen-bond donors (Lipinski definition) is 3. The number of aliphatic hydroxyl groups is 1. The third kappa shape index (κ3) is 59.6. The van der Waals surface area contributed by atoms with E-state index < -0.39 is 20.0 Å². The summed E-state index contributed by atoms with van der Waals surface area (Å²) in [6, 6.07) is -0.852. The number of phosphoric acid groups is 1. The van der Waals surface area contributed by atoms with Gasteiger partial charge in [0.25, 0.3) is 0 Å². The molecular weight excluding hydrogens is 960 g/mol. The number of hydrogen-bond acceptors (Lipinski definition) is 5. The summed E-state index contributed by atoms with van der Waals surface area (Å²) in [5, 5.41) is 14.0. The van der Waals surface area contributed by atoms with Gasteiger partial charge in [-0.05, 0) is 64.2 Å². The predicted molar refractivity (Wildman–Crippen MR) is 332 cm³/mol. The van der Waals surface area contributed by atoms with Gasteiger partial charge in [0.05, 0.1) is 39.9 Å². The lowest BCUT2D eigenvalue weighted by atomic mass is 10.0. The Balaban J connectivity index is 4.14. The van der Waals surface area contributed by atoms with Crippen molar-refractivity contribution in [1.29, 1.82) is 0 Å². The highest BCUT2D eigenvalue weighted by molar-refractivity contribution is 7.47. The molecule has 0 saturated carbocycles. The van der Waals surface area contributed by atoms with Gasteiger partial charge in [-0.25, -0.2) is 4.57 Å². The van der Waals surface area contributed by atoms with Crippen LogP contribution in [-0.4, -0.2) is 73.4 Å². The van der Waals surface area contributed by atoms with Gasteiger partial charge in [-0.1, -0.05) is 299 Å². The first kappa shape index (κ1) is 73.9. The summed E-state index contributed by atoms with van der Waals surface area (Å²) in [6.45, 7) is 4.73. The van der Waals surface area contributed by atoms with Crippen LogP contribution in [0, 0.1) is 0 Å². The van der Waals surface area contributed by atoms with E-state index in [1.165, 1.54) is 205 Å². The van der Waals surface area contributed by atoms with Gasteiger partial charge < -0.3 is 19.8 Å². The predicted octanol–water partition coefficient (Wildman–Crippen LogP) is 20.2. The van der Waals surface area contributed by atoms with Crippen LogP contribution >= 0.6 is 7.82 Å². The number of nitrogens with one attached hydrogen (secondary N) is 1. The van der Waals surface area contributed by atoms with E-state index in [9.17, 15) is 19.4 Å². The fourth-order valence-electron chi connectivity index (χ4n) is 9.42. The van der Waals surface area contributed by atoms with Crippen molar-refractivity contribution in [3.8, 4) is 0 Å². The Morgan fingerprint density at radius 2 is 0.789 bits per heavy atom. The van der Waals surface area contributed by atoms with E-state index in [1.54, 1.807) is 6.08 Å². The van der Waals surface area contributed by atoms with Crippen LogP contribution in [0.5, 0.6) is 0 Å². The molecule has 0 saturated heterocycles. The van der Waals surface area contributed by atoms with Crippen molar-refractivity contribution in [2.75, 3.05) is 40.9 Å². The van der Waals surface area contributed by atoms with Gasteiger partial charge in [0.1, 0.15) is 13.2 Å². The molecule has 0 fully saturated rings. The second kappa shape index (κ2) is 57.6. The summed E-state index contributed by atoms with van der Waals surface area (Å²) >= 11 is 0. The summed E-state index contributed by atoms with van der Waals surface area (Å²) in [4.78, 5) is 23.4.